The number of carbonyl (C=O) groups excluding carboxylic acids is 3. The average Bonchev–Trinajstić information content (AvgIpc) is 2.11. The van der Waals surface area contributed by atoms with Crippen LogP contribution < -0.4 is 0 Å². The van der Waals surface area contributed by atoms with Gasteiger partial charge in [0.2, 0.25) is 0 Å². The van der Waals surface area contributed by atoms with Gasteiger partial charge in [0.1, 0.15) is 17.3 Å². The minimum Gasteiger partial charge on any atom is -0.459 e. The molecule has 2 unspecified atom stereocenters. The summed E-state index contributed by atoms with van der Waals surface area (Å²) in [6, 6.07) is 0. The molecule has 1 radical (unpaired) electrons. The quantitative estimate of drug-likeness (QED) is 0.420. The van der Waals surface area contributed by atoms with Gasteiger partial charge in [0, 0.05) is 36.0 Å². The van der Waals surface area contributed by atoms with E-state index in [4.69, 9.17) is 4.74 Å². The molecule has 1 aliphatic rings. The van der Waals surface area contributed by atoms with Crippen LogP contribution in [0.1, 0.15) is 33.6 Å². The zero-order valence-electron chi connectivity index (χ0n) is 11.8. The molecule has 109 valence electrons. The predicted molar refractivity (Wildman–Crippen MR) is 63.9 cm³/mol. The first-order chi connectivity index (χ1) is 8.42. The molecule has 2 atom stereocenters. The number of halogens is 3. The normalized spacial score (nSPS) is 24.1. The van der Waals surface area contributed by atoms with Crippen LogP contribution in [-0.2, 0) is 19.1 Å². The van der Waals surface area contributed by atoms with E-state index in [0.717, 1.165) is 0 Å². The van der Waals surface area contributed by atoms with Crippen LogP contribution in [0.5, 0.6) is 0 Å². The Morgan fingerprint density at radius 1 is 1.20 bits per heavy atom. The molecule has 1 rings (SSSR count). The molecule has 0 aromatic heterocycles. The van der Waals surface area contributed by atoms with Crippen molar-refractivity contribution in [3.8, 4) is 0 Å². The van der Waals surface area contributed by atoms with Crippen LogP contribution in [0, 0.1) is 11.8 Å². The Labute approximate surface area is 136 Å². The number of hydrogen-bond donors (Lipinski definition) is 0. The Balaban J connectivity index is 0.00000361. The summed E-state index contributed by atoms with van der Waals surface area (Å²) < 4.78 is 43.3. The number of hydrogen-bond acceptors (Lipinski definition) is 4. The molecule has 0 saturated heterocycles. The Bertz CT molecular complexity index is 412. The number of carbonyl (C=O) groups is 3. The Morgan fingerprint density at radius 3 is 2.10 bits per heavy atom. The Kier molecular flexibility index (Phi) is 6.44. The fourth-order valence-electron chi connectivity index (χ4n) is 1.93. The third-order valence-corrected chi connectivity index (χ3v) is 2.65. The van der Waals surface area contributed by atoms with Crippen LogP contribution in [-0.4, -0.2) is 58.9 Å². The third-order valence-electron chi connectivity index (χ3n) is 2.65. The van der Waals surface area contributed by atoms with E-state index in [1.165, 1.54) is 20.8 Å². The molecule has 20 heavy (non-hydrogen) atoms. The van der Waals surface area contributed by atoms with E-state index in [1.807, 2.05) is 0 Å². The molecule has 0 amide bonds. The van der Waals surface area contributed by atoms with Crippen molar-refractivity contribution in [2.45, 2.75) is 45.4 Å². The fraction of sp³-hybridized carbons (Fsp3) is 0.750. The Hall–Kier alpha value is -0.400. The van der Waals surface area contributed by atoms with Gasteiger partial charge in [-0.2, -0.15) is 13.2 Å². The van der Waals surface area contributed by atoms with Crippen LogP contribution in [0.25, 0.3) is 0 Å². The summed E-state index contributed by atoms with van der Waals surface area (Å²) in [6.07, 6.45) is -6.27. The topological polar surface area (TPSA) is 60.4 Å². The predicted octanol–water partition coefficient (Wildman–Crippen LogP) is 1.67. The first kappa shape index (κ1) is 19.6. The monoisotopic (exact) mass is 303 g/mol. The van der Waals surface area contributed by atoms with Crippen molar-refractivity contribution in [1.29, 1.82) is 0 Å². The van der Waals surface area contributed by atoms with E-state index >= 15 is 0 Å². The van der Waals surface area contributed by atoms with Gasteiger partial charge in [-0.05, 0) is 20.8 Å². The summed E-state index contributed by atoms with van der Waals surface area (Å²) in [7, 11) is 0. The van der Waals surface area contributed by atoms with E-state index in [2.05, 4.69) is 0 Å². The van der Waals surface area contributed by atoms with Gasteiger partial charge in [0.15, 0.2) is 5.78 Å². The molecule has 8 heteroatoms. The number of ketones is 2. The molecular formula is C12H15F3NaO4. The molecule has 0 heterocycles. The number of Topliss-reactive ketones (excluding diaryl/α,β-unsaturated/α-hetero) is 2. The maximum atomic E-state index is 12.8. The van der Waals surface area contributed by atoms with Crippen molar-refractivity contribution in [1.82, 2.24) is 0 Å². The van der Waals surface area contributed by atoms with Crippen molar-refractivity contribution in [3.05, 3.63) is 0 Å². The van der Waals surface area contributed by atoms with Crippen LogP contribution in [0.4, 0.5) is 13.2 Å². The summed E-state index contributed by atoms with van der Waals surface area (Å²) in [6.45, 7) is 4.48. The molecule has 1 saturated carbocycles. The van der Waals surface area contributed by atoms with Gasteiger partial charge in [0.05, 0.1) is 12.3 Å². The van der Waals surface area contributed by atoms with Crippen molar-refractivity contribution in [2.24, 2.45) is 11.8 Å². The fourth-order valence-corrected chi connectivity index (χ4v) is 1.93. The average molecular weight is 303 g/mol. The molecule has 0 aromatic rings. The van der Waals surface area contributed by atoms with Crippen molar-refractivity contribution in [2.75, 3.05) is 0 Å². The van der Waals surface area contributed by atoms with E-state index in [-0.39, 0.29) is 29.6 Å². The van der Waals surface area contributed by atoms with Crippen LogP contribution in [0.15, 0.2) is 0 Å². The van der Waals surface area contributed by atoms with Crippen molar-refractivity contribution in [3.63, 3.8) is 0 Å². The zero-order valence-corrected chi connectivity index (χ0v) is 13.8. The van der Waals surface area contributed by atoms with Gasteiger partial charge >= 0.3 is 12.1 Å². The Morgan fingerprint density at radius 2 is 1.70 bits per heavy atom. The summed E-state index contributed by atoms with van der Waals surface area (Å²) in [5.74, 6) is -7.25. The van der Waals surface area contributed by atoms with E-state index in [0.29, 0.717) is 0 Å². The molecule has 0 aromatic carbocycles. The molecule has 0 N–H and O–H groups in total. The second-order valence-corrected chi connectivity index (χ2v) is 5.55. The van der Waals surface area contributed by atoms with Gasteiger partial charge < -0.3 is 4.74 Å². The first-order valence-corrected chi connectivity index (χ1v) is 5.76. The third kappa shape index (κ3) is 5.18. The zero-order chi connectivity index (χ0) is 15.0. The number of esters is 1. The maximum absolute atomic E-state index is 12.8. The SMILES string of the molecule is CC(C)(C)OC(=O)C1C(=O)CC(=O)CC1C(F)(F)F.[Na]. The second kappa shape index (κ2) is 6.58. The molecular weight excluding hydrogens is 288 g/mol. The molecule has 1 aliphatic carbocycles. The minimum atomic E-state index is -4.78. The molecule has 0 spiro atoms. The first-order valence-electron chi connectivity index (χ1n) is 5.76. The minimum absolute atomic E-state index is 0. The van der Waals surface area contributed by atoms with E-state index in [1.54, 1.807) is 0 Å². The molecule has 1 fully saturated rings. The van der Waals surface area contributed by atoms with Gasteiger partial charge in [-0.25, -0.2) is 0 Å². The molecule has 4 nitrogen and oxygen atoms in total. The largest absolute Gasteiger partial charge is 0.459 e. The van der Waals surface area contributed by atoms with Gasteiger partial charge in [-0.1, -0.05) is 0 Å². The second-order valence-electron chi connectivity index (χ2n) is 5.55. The van der Waals surface area contributed by atoms with Crippen molar-refractivity contribution >= 4 is 47.1 Å². The molecule has 0 aliphatic heterocycles. The van der Waals surface area contributed by atoms with Gasteiger partial charge in [-0.3, -0.25) is 14.4 Å². The standard InChI is InChI=1S/C12H15F3O4.Na/c1-11(2,3)19-10(18)9-7(12(13,14)15)4-6(16)5-8(9)17;/h7,9H,4-5H2,1-3H3;. The van der Waals surface area contributed by atoms with Gasteiger partial charge in [-0.15, -0.1) is 0 Å². The van der Waals surface area contributed by atoms with Crippen LogP contribution in [0.2, 0.25) is 0 Å². The number of ether oxygens (including phenoxy) is 1. The maximum Gasteiger partial charge on any atom is 0.393 e. The van der Waals surface area contributed by atoms with Crippen LogP contribution >= 0.6 is 0 Å². The summed E-state index contributed by atoms with van der Waals surface area (Å²) in [5.41, 5.74) is -0.991. The van der Waals surface area contributed by atoms with Crippen molar-refractivity contribution < 1.29 is 32.3 Å². The summed E-state index contributed by atoms with van der Waals surface area (Å²) in [4.78, 5) is 34.4. The van der Waals surface area contributed by atoms with Crippen LogP contribution in [0.3, 0.4) is 0 Å². The summed E-state index contributed by atoms with van der Waals surface area (Å²) in [5, 5.41) is 0. The van der Waals surface area contributed by atoms with E-state index in [9.17, 15) is 27.6 Å². The van der Waals surface area contributed by atoms with Gasteiger partial charge in [0.25, 0.3) is 0 Å². The molecule has 0 bridgehead atoms. The number of alkyl halides is 3. The summed E-state index contributed by atoms with van der Waals surface area (Å²) >= 11 is 0. The van der Waals surface area contributed by atoms with E-state index < -0.39 is 54.0 Å². The number of rotatable bonds is 1. The smallest absolute Gasteiger partial charge is 0.393 e.